The van der Waals surface area contributed by atoms with Crippen LogP contribution in [0.1, 0.15) is 27.9 Å². The number of aryl methyl sites for hydroxylation is 2. The standard InChI is InChI=1S/C16H20N2O/c1-11-6-12(2)13(3)16(7-11)19-10-14-4-5-18-15(8-14)9-17/h4-8H,9-10,17H2,1-3H3. The summed E-state index contributed by atoms with van der Waals surface area (Å²) in [4.78, 5) is 4.18. The van der Waals surface area contributed by atoms with Gasteiger partial charge in [-0.1, -0.05) is 6.07 Å². The summed E-state index contributed by atoms with van der Waals surface area (Å²) in [5.41, 5.74) is 11.2. The highest BCUT2D eigenvalue weighted by Gasteiger charge is 2.04. The van der Waals surface area contributed by atoms with Crippen molar-refractivity contribution in [3.05, 3.63) is 58.4 Å². The first-order valence-electron chi connectivity index (χ1n) is 6.44. The molecule has 1 aromatic heterocycles. The highest BCUT2D eigenvalue weighted by molar-refractivity contribution is 5.42. The summed E-state index contributed by atoms with van der Waals surface area (Å²) in [6.45, 7) is 7.27. The lowest BCUT2D eigenvalue weighted by Gasteiger charge is -2.12. The largest absolute Gasteiger partial charge is 0.489 e. The van der Waals surface area contributed by atoms with E-state index in [1.54, 1.807) is 6.20 Å². The predicted octanol–water partition coefficient (Wildman–Crippen LogP) is 3.04. The Bertz CT molecular complexity index is 579. The lowest BCUT2D eigenvalue weighted by molar-refractivity contribution is 0.303. The maximum absolute atomic E-state index is 5.92. The third-order valence-electron chi connectivity index (χ3n) is 3.25. The number of rotatable bonds is 4. The molecule has 3 nitrogen and oxygen atoms in total. The minimum absolute atomic E-state index is 0.455. The zero-order valence-electron chi connectivity index (χ0n) is 11.7. The predicted molar refractivity (Wildman–Crippen MR) is 77.1 cm³/mol. The Kier molecular flexibility index (Phi) is 4.17. The second kappa shape index (κ2) is 5.85. The number of aromatic nitrogens is 1. The maximum atomic E-state index is 5.92. The van der Waals surface area contributed by atoms with Crippen LogP contribution < -0.4 is 10.5 Å². The lowest BCUT2D eigenvalue weighted by atomic mass is 10.1. The van der Waals surface area contributed by atoms with E-state index in [1.807, 2.05) is 12.1 Å². The molecule has 0 saturated heterocycles. The highest BCUT2D eigenvalue weighted by Crippen LogP contribution is 2.24. The van der Waals surface area contributed by atoms with Gasteiger partial charge in [0.05, 0.1) is 5.69 Å². The van der Waals surface area contributed by atoms with Crippen molar-refractivity contribution in [1.82, 2.24) is 4.98 Å². The molecule has 0 aliphatic carbocycles. The average Bonchev–Trinajstić information content (AvgIpc) is 2.41. The Morgan fingerprint density at radius 2 is 1.95 bits per heavy atom. The first-order valence-corrected chi connectivity index (χ1v) is 6.44. The molecule has 1 heterocycles. The number of nitrogens with zero attached hydrogens (tertiary/aromatic N) is 1. The van der Waals surface area contributed by atoms with Crippen molar-refractivity contribution in [2.24, 2.45) is 5.73 Å². The monoisotopic (exact) mass is 256 g/mol. The fraction of sp³-hybridized carbons (Fsp3) is 0.312. The number of pyridine rings is 1. The molecule has 0 fully saturated rings. The molecule has 100 valence electrons. The van der Waals surface area contributed by atoms with Crippen LogP contribution in [-0.4, -0.2) is 4.98 Å². The molecule has 2 rings (SSSR count). The minimum Gasteiger partial charge on any atom is -0.489 e. The molecule has 19 heavy (non-hydrogen) atoms. The van der Waals surface area contributed by atoms with Crippen molar-refractivity contribution < 1.29 is 4.74 Å². The van der Waals surface area contributed by atoms with Crippen LogP contribution in [0, 0.1) is 20.8 Å². The van der Waals surface area contributed by atoms with E-state index < -0.39 is 0 Å². The Labute approximate surface area is 114 Å². The van der Waals surface area contributed by atoms with Crippen LogP contribution in [0.5, 0.6) is 5.75 Å². The Morgan fingerprint density at radius 1 is 1.16 bits per heavy atom. The topological polar surface area (TPSA) is 48.1 Å². The summed E-state index contributed by atoms with van der Waals surface area (Å²) in [7, 11) is 0. The van der Waals surface area contributed by atoms with Gasteiger partial charge in [0.25, 0.3) is 0 Å². The molecule has 3 heteroatoms. The van der Waals surface area contributed by atoms with Crippen molar-refractivity contribution in [3.63, 3.8) is 0 Å². The van der Waals surface area contributed by atoms with E-state index >= 15 is 0 Å². The van der Waals surface area contributed by atoms with Crippen LogP contribution >= 0.6 is 0 Å². The second-order valence-electron chi connectivity index (χ2n) is 4.85. The third kappa shape index (κ3) is 3.32. The summed E-state index contributed by atoms with van der Waals surface area (Å²) < 4.78 is 5.92. The molecule has 0 radical (unpaired) electrons. The average molecular weight is 256 g/mol. The molecular weight excluding hydrogens is 236 g/mol. The third-order valence-corrected chi connectivity index (χ3v) is 3.25. The van der Waals surface area contributed by atoms with Gasteiger partial charge in [-0.05, 0) is 61.2 Å². The smallest absolute Gasteiger partial charge is 0.123 e. The Balaban J connectivity index is 2.14. The van der Waals surface area contributed by atoms with Crippen molar-refractivity contribution >= 4 is 0 Å². The number of nitrogens with two attached hydrogens (primary N) is 1. The fourth-order valence-electron chi connectivity index (χ4n) is 2.04. The van der Waals surface area contributed by atoms with Gasteiger partial charge >= 0.3 is 0 Å². The zero-order valence-corrected chi connectivity index (χ0v) is 11.7. The molecule has 0 atom stereocenters. The normalized spacial score (nSPS) is 10.5. The van der Waals surface area contributed by atoms with Gasteiger partial charge < -0.3 is 10.5 Å². The second-order valence-corrected chi connectivity index (χ2v) is 4.85. The first-order chi connectivity index (χ1) is 9.10. The summed E-state index contributed by atoms with van der Waals surface area (Å²) in [5, 5.41) is 0. The maximum Gasteiger partial charge on any atom is 0.123 e. The molecule has 0 spiro atoms. The quantitative estimate of drug-likeness (QED) is 0.914. The number of benzene rings is 1. The van der Waals surface area contributed by atoms with E-state index in [9.17, 15) is 0 Å². The molecular formula is C16H20N2O. The molecule has 0 aliphatic rings. The summed E-state index contributed by atoms with van der Waals surface area (Å²) in [6, 6.07) is 8.18. The van der Waals surface area contributed by atoms with Crippen LogP contribution in [0.3, 0.4) is 0 Å². The minimum atomic E-state index is 0.455. The van der Waals surface area contributed by atoms with E-state index in [1.165, 1.54) is 16.7 Å². The molecule has 0 saturated carbocycles. The van der Waals surface area contributed by atoms with Gasteiger partial charge in [-0.3, -0.25) is 4.98 Å². The summed E-state index contributed by atoms with van der Waals surface area (Å²) in [5.74, 6) is 0.948. The Morgan fingerprint density at radius 3 is 2.68 bits per heavy atom. The van der Waals surface area contributed by atoms with Gasteiger partial charge in [-0.25, -0.2) is 0 Å². The van der Waals surface area contributed by atoms with Crippen LogP contribution in [0.4, 0.5) is 0 Å². The first kappa shape index (κ1) is 13.6. The molecule has 0 amide bonds. The highest BCUT2D eigenvalue weighted by atomic mass is 16.5. The van der Waals surface area contributed by atoms with Gasteiger partial charge in [0.15, 0.2) is 0 Å². The number of hydrogen-bond acceptors (Lipinski definition) is 3. The molecule has 1 aromatic carbocycles. The van der Waals surface area contributed by atoms with Crippen molar-refractivity contribution in [2.45, 2.75) is 33.9 Å². The van der Waals surface area contributed by atoms with E-state index in [4.69, 9.17) is 10.5 Å². The van der Waals surface area contributed by atoms with E-state index in [-0.39, 0.29) is 0 Å². The van der Waals surface area contributed by atoms with Crippen molar-refractivity contribution in [2.75, 3.05) is 0 Å². The number of hydrogen-bond donors (Lipinski definition) is 1. The lowest BCUT2D eigenvalue weighted by Crippen LogP contribution is -2.03. The van der Waals surface area contributed by atoms with Crippen LogP contribution in [0.2, 0.25) is 0 Å². The van der Waals surface area contributed by atoms with Gasteiger partial charge in [0.1, 0.15) is 12.4 Å². The van der Waals surface area contributed by atoms with Crippen LogP contribution in [0.15, 0.2) is 30.5 Å². The van der Waals surface area contributed by atoms with Gasteiger partial charge in [-0.2, -0.15) is 0 Å². The molecule has 0 unspecified atom stereocenters. The van der Waals surface area contributed by atoms with Gasteiger partial charge in [-0.15, -0.1) is 0 Å². The van der Waals surface area contributed by atoms with Crippen molar-refractivity contribution in [1.29, 1.82) is 0 Å². The zero-order chi connectivity index (χ0) is 13.8. The van der Waals surface area contributed by atoms with E-state index in [0.717, 1.165) is 17.0 Å². The van der Waals surface area contributed by atoms with E-state index in [0.29, 0.717) is 13.2 Å². The molecule has 0 aliphatic heterocycles. The van der Waals surface area contributed by atoms with E-state index in [2.05, 4.69) is 37.9 Å². The Hall–Kier alpha value is -1.87. The van der Waals surface area contributed by atoms with Crippen molar-refractivity contribution in [3.8, 4) is 5.75 Å². The van der Waals surface area contributed by atoms with Gasteiger partial charge in [0, 0.05) is 12.7 Å². The van der Waals surface area contributed by atoms with Crippen LogP contribution in [-0.2, 0) is 13.2 Å². The molecule has 0 bridgehead atoms. The SMILES string of the molecule is Cc1cc(C)c(C)c(OCc2ccnc(CN)c2)c1. The van der Waals surface area contributed by atoms with Crippen LogP contribution in [0.25, 0.3) is 0 Å². The number of ether oxygens (including phenoxy) is 1. The fourth-order valence-corrected chi connectivity index (χ4v) is 2.04. The van der Waals surface area contributed by atoms with Gasteiger partial charge in [0.2, 0.25) is 0 Å². The summed E-state index contributed by atoms with van der Waals surface area (Å²) in [6.07, 6.45) is 1.77. The molecule has 2 N–H and O–H groups in total. The molecule has 2 aromatic rings. The summed E-state index contributed by atoms with van der Waals surface area (Å²) >= 11 is 0.